The molecule has 0 radical (unpaired) electrons. The molecule has 1 saturated heterocycles. The standard InChI is InChI=1S/C31H33ClN2O3/c32-28-11-6-23(7-12-28)21-33-16-18-34(19-17-33)31(36)25-8-13-29(14-9-25)37-30-15-10-26(20-27(30)22-35)24-4-2-1-3-5-24/h6-15,20,22,24H,1-5,16-19,21H2. The highest BCUT2D eigenvalue weighted by atomic mass is 35.5. The van der Waals surface area contributed by atoms with Crippen molar-refractivity contribution in [1.82, 2.24) is 9.80 Å². The van der Waals surface area contributed by atoms with Gasteiger partial charge in [-0.05, 0) is 78.4 Å². The van der Waals surface area contributed by atoms with Crippen molar-refractivity contribution >= 4 is 23.8 Å². The van der Waals surface area contributed by atoms with Crippen LogP contribution in [0.15, 0.2) is 66.7 Å². The van der Waals surface area contributed by atoms with Crippen LogP contribution in [0.3, 0.4) is 0 Å². The number of rotatable bonds is 7. The molecule has 37 heavy (non-hydrogen) atoms. The van der Waals surface area contributed by atoms with Crippen LogP contribution < -0.4 is 4.74 Å². The van der Waals surface area contributed by atoms with E-state index in [1.807, 2.05) is 41.3 Å². The monoisotopic (exact) mass is 516 g/mol. The number of ether oxygens (including phenoxy) is 1. The number of carbonyl (C=O) groups excluding carboxylic acids is 2. The molecule has 5 nitrogen and oxygen atoms in total. The summed E-state index contributed by atoms with van der Waals surface area (Å²) in [4.78, 5) is 29.1. The molecule has 1 heterocycles. The second-order valence-electron chi connectivity index (χ2n) is 10.1. The van der Waals surface area contributed by atoms with Crippen LogP contribution in [0.1, 0.15) is 69.9 Å². The Hall–Kier alpha value is -3.15. The zero-order chi connectivity index (χ0) is 25.6. The molecule has 192 valence electrons. The molecule has 2 fully saturated rings. The third kappa shape index (κ3) is 6.41. The molecule has 0 N–H and O–H groups in total. The van der Waals surface area contributed by atoms with Gasteiger partial charge in [-0.1, -0.05) is 49.1 Å². The maximum absolute atomic E-state index is 13.1. The summed E-state index contributed by atoms with van der Waals surface area (Å²) in [7, 11) is 0. The first-order valence-corrected chi connectivity index (χ1v) is 13.6. The van der Waals surface area contributed by atoms with Crippen LogP contribution in [0.4, 0.5) is 0 Å². The van der Waals surface area contributed by atoms with E-state index >= 15 is 0 Å². The number of halogens is 1. The van der Waals surface area contributed by atoms with Crippen LogP contribution in [0.25, 0.3) is 0 Å². The van der Waals surface area contributed by atoms with E-state index in [0.29, 0.717) is 41.6 Å². The van der Waals surface area contributed by atoms with Crippen LogP contribution in [0.2, 0.25) is 5.02 Å². The normalized spacial score (nSPS) is 16.9. The first-order valence-electron chi connectivity index (χ1n) is 13.2. The molecule has 0 spiro atoms. The van der Waals surface area contributed by atoms with Crippen LogP contribution in [0, 0.1) is 0 Å². The SMILES string of the molecule is O=Cc1cc(C2CCCCC2)ccc1Oc1ccc(C(=O)N2CCN(Cc3ccc(Cl)cc3)CC2)cc1. The molecule has 3 aromatic carbocycles. The van der Waals surface area contributed by atoms with E-state index in [4.69, 9.17) is 16.3 Å². The smallest absolute Gasteiger partial charge is 0.253 e. The highest BCUT2D eigenvalue weighted by molar-refractivity contribution is 6.30. The summed E-state index contributed by atoms with van der Waals surface area (Å²) in [6, 6.07) is 21.1. The zero-order valence-electron chi connectivity index (χ0n) is 21.1. The molecule has 0 aromatic heterocycles. The summed E-state index contributed by atoms with van der Waals surface area (Å²) < 4.78 is 6.03. The molecule has 1 amide bonds. The van der Waals surface area contributed by atoms with E-state index in [0.717, 1.165) is 30.9 Å². The summed E-state index contributed by atoms with van der Waals surface area (Å²) in [5.41, 5.74) is 3.66. The van der Waals surface area contributed by atoms with Crippen molar-refractivity contribution in [3.8, 4) is 11.5 Å². The molecule has 1 aliphatic carbocycles. The van der Waals surface area contributed by atoms with Crippen LogP contribution in [-0.4, -0.2) is 48.2 Å². The Morgan fingerprint density at radius 1 is 0.892 bits per heavy atom. The Morgan fingerprint density at radius 3 is 2.27 bits per heavy atom. The molecule has 1 saturated carbocycles. The Kier molecular flexibility index (Phi) is 8.22. The summed E-state index contributed by atoms with van der Waals surface area (Å²) in [6.07, 6.45) is 7.05. The fourth-order valence-electron chi connectivity index (χ4n) is 5.37. The lowest BCUT2D eigenvalue weighted by atomic mass is 9.83. The first-order chi connectivity index (χ1) is 18.1. The van der Waals surface area contributed by atoms with Gasteiger partial charge in [0.2, 0.25) is 0 Å². The number of amides is 1. The zero-order valence-corrected chi connectivity index (χ0v) is 21.8. The first kappa shape index (κ1) is 25.5. The Balaban J connectivity index is 1.16. The Bertz CT molecular complexity index is 1210. The van der Waals surface area contributed by atoms with E-state index < -0.39 is 0 Å². The minimum atomic E-state index is 0.0307. The van der Waals surface area contributed by atoms with Crippen molar-refractivity contribution in [2.45, 2.75) is 44.6 Å². The number of carbonyl (C=O) groups is 2. The second-order valence-corrected chi connectivity index (χ2v) is 10.5. The van der Waals surface area contributed by atoms with Gasteiger partial charge in [-0.15, -0.1) is 0 Å². The van der Waals surface area contributed by atoms with E-state index in [2.05, 4.69) is 11.0 Å². The fourth-order valence-corrected chi connectivity index (χ4v) is 5.50. The molecule has 2 aliphatic rings. The predicted octanol–water partition coefficient (Wildman–Crippen LogP) is 6.95. The van der Waals surface area contributed by atoms with Crippen LogP contribution >= 0.6 is 11.6 Å². The van der Waals surface area contributed by atoms with E-state index in [9.17, 15) is 9.59 Å². The summed E-state index contributed by atoms with van der Waals surface area (Å²) in [6.45, 7) is 3.92. The quantitative estimate of drug-likeness (QED) is 0.319. The fraction of sp³-hybridized carbons (Fsp3) is 0.355. The summed E-state index contributed by atoms with van der Waals surface area (Å²) >= 11 is 5.98. The highest BCUT2D eigenvalue weighted by Gasteiger charge is 2.22. The molecule has 0 atom stereocenters. The number of aldehydes is 1. The second kappa shape index (κ2) is 11.9. The van der Waals surface area contributed by atoms with Gasteiger partial charge in [-0.3, -0.25) is 14.5 Å². The van der Waals surface area contributed by atoms with Crippen molar-refractivity contribution < 1.29 is 14.3 Å². The maximum Gasteiger partial charge on any atom is 0.253 e. The van der Waals surface area contributed by atoms with Crippen molar-refractivity contribution in [2.75, 3.05) is 26.2 Å². The molecular formula is C31H33ClN2O3. The minimum absolute atomic E-state index is 0.0307. The number of benzene rings is 3. The van der Waals surface area contributed by atoms with Gasteiger partial charge >= 0.3 is 0 Å². The summed E-state index contributed by atoms with van der Waals surface area (Å²) in [5, 5.41) is 0.743. The van der Waals surface area contributed by atoms with Crippen molar-refractivity contribution in [3.63, 3.8) is 0 Å². The topological polar surface area (TPSA) is 49.9 Å². The molecule has 3 aromatic rings. The Morgan fingerprint density at radius 2 is 1.59 bits per heavy atom. The minimum Gasteiger partial charge on any atom is -0.457 e. The molecule has 0 bridgehead atoms. The molecular weight excluding hydrogens is 484 g/mol. The molecule has 0 unspecified atom stereocenters. The molecule has 6 heteroatoms. The third-order valence-electron chi connectivity index (χ3n) is 7.55. The highest BCUT2D eigenvalue weighted by Crippen LogP contribution is 2.35. The lowest BCUT2D eigenvalue weighted by Crippen LogP contribution is -2.48. The number of hydrogen-bond donors (Lipinski definition) is 0. The lowest BCUT2D eigenvalue weighted by molar-refractivity contribution is 0.0628. The number of piperazine rings is 1. The van der Waals surface area contributed by atoms with E-state index in [1.165, 1.54) is 43.2 Å². The Labute approximate surface area is 224 Å². The van der Waals surface area contributed by atoms with Crippen molar-refractivity contribution in [3.05, 3.63) is 94.0 Å². The van der Waals surface area contributed by atoms with Gasteiger partial charge in [0, 0.05) is 43.3 Å². The van der Waals surface area contributed by atoms with Crippen LogP contribution in [0.5, 0.6) is 11.5 Å². The van der Waals surface area contributed by atoms with Gasteiger partial charge in [0.1, 0.15) is 11.5 Å². The largest absolute Gasteiger partial charge is 0.457 e. The number of hydrogen-bond acceptors (Lipinski definition) is 4. The van der Waals surface area contributed by atoms with E-state index in [-0.39, 0.29) is 5.91 Å². The van der Waals surface area contributed by atoms with E-state index in [1.54, 1.807) is 24.3 Å². The molecule has 5 rings (SSSR count). The average Bonchev–Trinajstić information content (AvgIpc) is 2.95. The van der Waals surface area contributed by atoms with Crippen molar-refractivity contribution in [2.24, 2.45) is 0 Å². The van der Waals surface area contributed by atoms with Crippen molar-refractivity contribution in [1.29, 1.82) is 0 Å². The average molecular weight is 517 g/mol. The maximum atomic E-state index is 13.1. The van der Waals surface area contributed by atoms with Gasteiger partial charge in [-0.2, -0.15) is 0 Å². The predicted molar refractivity (Wildman–Crippen MR) is 147 cm³/mol. The van der Waals surface area contributed by atoms with Crippen LogP contribution in [-0.2, 0) is 6.54 Å². The lowest BCUT2D eigenvalue weighted by Gasteiger charge is -2.34. The van der Waals surface area contributed by atoms with Gasteiger partial charge in [-0.25, -0.2) is 0 Å². The van der Waals surface area contributed by atoms with Gasteiger partial charge in [0.15, 0.2) is 6.29 Å². The molecule has 1 aliphatic heterocycles. The van der Waals surface area contributed by atoms with Gasteiger partial charge < -0.3 is 9.64 Å². The van der Waals surface area contributed by atoms with Gasteiger partial charge in [0.25, 0.3) is 5.91 Å². The van der Waals surface area contributed by atoms with Gasteiger partial charge in [0.05, 0.1) is 5.56 Å². The number of nitrogens with zero attached hydrogens (tertiary/aromatic N) is 2. The summed E-state index contributed by atoms with van der Waals surface area (Å²) in [5.74, 6) is 1.72. The third-order valence-corrected chi connectivity index (χ3v) is 7.80.